The van der Waals surface area contributed by atoms with Gasteiger partial charge in [-0.25, -0.2) is 4.39 Å². The maximum Gasteiger partial charge on any atom is 0.249 e. The molecule has 2 amide bonds. The lowest BCUT2D eigenvalue weighted by Crippen LogP contribution is -2.58. The zero-order chi connectivity index (χ0) is 15.6. The molecule has 1 aromatic rings. The first-order valence-corrected chi connectivity index (χ1v) is 7.05. The summed E-state index contributed by atoms with van der Waals surface area (Å²) in [5, 5.41) is 5.37. The number of amides is 2. The van der Waals surface area contributed by atoms with E-state index in [1.165, 1.54) is 6.07 Å². The fourth-order valence-corrected chi connectivity index (χ4v) is 2.65. The average molecular weight is 293 g/mol. The van der Waals surface area contributed by atoms with Gasteiger partial charge >= 0.3 is 0 Å². The number of nitrogens with one attached hydrogen (secondary N) is 2. The first-order valence-electron chi connectivity index (χ1n) is 7.05. The third kappa shape index (κ3) is 2.90. The van der Waals surface area contributed by atoms with Crippen molar-refractivity contribution in [3.63, 3.8) is 0 Å². The lowest BCUT2D eigenvalue weighted by Gasteiger charge is -2.37. The van der Waals surface area contributed by atoms with Crippen LogP contribution in [0.15, 0.2) is 18.2 Å². The van der Waals surface area contributed by atoms with Gasteiger partial charge in [0.2, 0.25) is 11.8 Å². The Bertz CT molecular complexity index is 562. The van der Waals surface area contributed by atoms with Gasteiger partial charge in [0.25, 0.3) is 0 Å². The van der Waals surface area contributed by atoms with Crippen molar-refractivity contribution in [2.24, 2.45) is 0 Å². The SMILES string of the molecule is CCC1C(=O)NC(=O)CN1c1c(F)cccc1C(C)NC. The van der Waals surface area contributed by atoms with E-state index in [9.17, 15) is 14.0 Å². The third-order valence-corrected chi connectivity index (χ3v) is 3.85. The van der Waals surface area contributed by atoms with E-state index in [-0.39, 0.29) is 18.5 Å². The molecule has 21 heavy (non-hydrogen) atoms. The lowest BCUT2D eigenvalue weighted by molar-refractivity contribution is -0.132. The summed E-state index contributed by atoms with van der Waals surface area (Å²) in [6.07, 6.45) is 0.501. The molecule has 1 aliphatic rings. The smallest absolute Gasteiger partial charge is 0.249 e. The summed E-state index contributed by atoms with van der Waals surface area (Å²) in [4.78, 5) is 25.2. The summed E-state index contributed by atoms with van der Waals surface area (Å²) in [6.45, 7) is 3.73. The predicted octanol–water partition coefficient (Wildman–Crippen LogP) is 1.35. The summed E-state index contributed by atoms with van der Waals surface area (Å²) in [7, 11) is 1.78. The predicted molar refractivity (Wildman–Crippen MR) is 78.4 cm³/mol. The highest BCUT2D eigenvalue weighted by molar-refractivity contribution is 6.04. The number of imide groups is 1. The van der Waals surface area contributed by atoms with Gasteiger partial charge in [-0.2, -0.15) is 0 Å². The Kier molecular flexibility index (Phi) is 4.57. The molecular formula is C15H20FN3O2. The monoisotopic (exact) mass is 293 g/mol. The van der Waals surface area contributed by atoms with Gasteiger partial charge in [0.1, 0.15) is 11.9 Å². The van der Waals surface area contributed by atoms with Gasteiger partial charge < -0.3 is 10.2 Å². The second-order valence-corrected chi connectivity index (χ2v) is 5.15. The molecule has 0 bridgehead atoms. The zero-order valence-corrected chi connectivity index (χ0v) is 12.4. The van der Waals surface area contributed by atoms with Crippen LogP contribution in [-0.2, 0) is 9.59 Å². The fourth-order valence-electron chi connectivity index (χ4n) is 2.65. The molecule has 5 nitrogen and oxygen atoms in total. The van der Waals surface area contributed by atoms with Crippen LogP contribution < -0.4 is 15.5 Å². The van der Waals surface area contributed by atoms with Crippen LogP contribution in [0.3, 0.4) is 0 Å². The Balaban J connectivity index is 2.52. The number of rotatable bonds is 4. The van der Waals surface area contributed by atoms with Crippen LogP contribution in [0.25, 0.3) is 0 Å². The number of carbonyl (C=O) groups is 2. The molecule has 2 N–H and O–H groups in total. The molecule has 1 aliphatic heterocycles. The van der Waals surface area contributed by atoms with Crippen LogP contribution in [0.1, 0.15) is 31.9 Å². The maximum absolute atomic E-state index is 14.4. The van der Waals surface area contributed by atoms with Crippen molar-refractivity contribution in [3.8, 4) is 0 Å². The van der Waals surface area contributed by atoms with E-state index < -0.39 is 17.8 Å². The highest BCUT2D eigenvalue weighted by Crippen LogP contribution is 2.32. The Labute approximate surface area is 123 Å². The van der Waals surface area contributed by atoms with Crippen molar-refractivity contribution in [1.82, 2.24) is 10.6 Å². The molecule has 114 valence electrons. The van der Waals surface area contributed by atoms with Crippen molar-refractivity contribution in [2.45, 2.75) is 32.4 Å². The van der Waals surface area contributed by atoms with Crippen molar-refractivity contribution in [1.29, 1.82) is 0 Å². The van der Waals surface area contributed by atoms with Crippen molar-refractivity contribution in [2.75, 3.05) is 18.5 Å². The molecular weight excluding hydrogens is 273 g/mol. The number of anilines is 1. The molecule has 0 spiro atoms. The van der Waals surface area contributed by atoms with Gasteiger partial charge in [-0.1, -0.05) is 19.1 Å². The molecule has 2 rings (SSSR count). The van der Waals surface area contributed by atoms with Gasteiger partial charge in [0.05, 0.1) is 12.2 Å². The van der Waals surface area contributed by atoms with E-state index in [2.05, 4.69) is 10.6 Å². The highest BCUT2D eigenvalue weighted by atomic mass is 19.1. The van der Waals surface area contributed by atoms with Crippen molar-refractivity contribution < 1.29 is 14.0 Å². The van der Waals surface area contributed by atoms with Crippen LogP contribution in [0.2, 0.25) is 0 Å². The summed E-state index contributed by atoms with van der Waals surface area (Å²) in [5.74, 6) is -1.20. The average Bonchev–Trinajstić information content (AvgIpc) is 2.45. The second-order valence-electron chi connectivity index (χ2n) is 5.15. The second kappa shape index (κ2) is 6.22. The van der Waals surface area contributed by atoms with Crippen molar-refractivity contribution >= 4 is 17.5 Å². The Morgan fingerprint density at radius 3 is 2.81 bits per heavy atom. The van der Waals surface area contributed by atoms with E-state index >= 15 is 0 Å². The molecule has 6 heteroatoms. The van der Waals surface area contributed by atoms with Crippen LogP contribution in [0.5, 0.6) is 0 Å². The summed E-state index contributed by atoms with van der Waals surface area (Å²) in [5.41, 5.74) is 1.06. The minimum absolute atomic E-state index is 0.0192. The van der Waals surface area contributed by atoms with Crippen LogP contribution in [-0.4, -0.2) is 31.4 Å². The van der Waals surface area contributed by atoms with Crippen LogP contribution >= 0.6 is 0 Å². The molecule has 1 saturated heterocycles. The number of nitrogens with zero attached hydrogens (tertiary/aromatic N) is 1. The fraction of sp³-hybridized carbons (Fsp3) is 0.467. The maximum atomic E-state index is 14.4. The normalized spacial score (nSPS) is 20.4. The first kappa shape index (κ1) is 15.4. The minimum Gasteiger partial charge on any atom is -0.348 e. The van der Waals surface area contributed by atoms with E-state index in [0.29, 0.717) is 12.1 Å². The largest absolute Gasteiger partial charge is 0.348 e. The van der Waals surface area contributed by atoms with Gasteiger partial charge in [-0.15, -0.1) is 0 Å². The molecule has 1 heterocycles. The highest BCUT2D eigenvalue weighted by Gasteiger charge is 2.35. The number of hydrogen-bond donors (Lipinski definition) is 2. The number of carbonyl (C=O) groups excluding carboxylic acids is 2. The minimum atomic E-state index is -0.539. The van der Waals surface area contributed by atoms with Gasteiger partial charge in [-0.05, 0) is 32.0 Å². The van der Waals surface area contributed by atoms with Gasteiger partial charge in [0, 0.05) is 6.04 Å². The summed E-state index contributed by atoms with van der Waals surface area (Å²) >= 11 is 0. The first-order chi connectivity index (χ1) is 9.99. The molecule has 0 saturated carbocycles. The lowest BCUT2D eigenvalue weighted by atomic mass is 10.0. The molecule has 2 unspecified atom stereocenters. The topological polar surface area (TPSA) is 61.4 Å². The molecule has 0 radical (unpaired) electrons. The molecule has 1 fully saturated rings. The number of para-hydroxylation sites is 1. The van der Waals surface area contributed by atoms with E-state index in [1.54, 1.807) is 18.0 Å². The summed E-state index contributed by atoms with van der Waals surface area (Å²) < 4.78 is 14.4. The van der Waals surface area contributed by atoms with Gasteiger partial charge in [-0.3, -0.25) is 14.9 Å². The molecule has 2 atom stereocenters. The van der Waals surface area contributed by atoms with E-state index in [1.807, 2.05) is 19.9 Å². The third-order valence-electron chi connectivity index (χ3n) is 3.85. The molecule has 0 aliphatic carbocycles. The number of piperazine rings is 1. The Morgan fingerprint density at radius 2 is 2.19 bits per heavy atom. The Hall–Kier alpha value is -1.95. The van der Waals surface area contributed by atoms with Crippen molar-refractivity contribution in [3.05, 3.63) is 29.6 Å². The molecule has 0 aromatic heterocycles. The van der Waals surface area contributed by atoms with Gasteiger partial charge in [0.15, 0.2) is 0 Å². The number of benzene rings is 1. The number of halogens is 1. The molecule has 1 aromatic carbocycles. The van der Waals surface area contributed by atoms with Crippen LogP contribution in [0, 0.1) is 5.82 Å². The van der Waals surface area contributed by atoms with E-state index in [0.717, 1.165) is 5.56 Å². The number of hydrogen-bond acceptors (Lipinski definition) is 4. The quantitative estimate of drug-likeness (QED) is 0.823. The van der Waals surface area contributed by atoms with E-state index in [4.69, 9.17) is 0 Å². The van der Waals surface area contributed by atoms with Crippen LogP contribution in [0.4, 0.5) is 10.1 Å². The Morgan fingerprint density at radius 1 is 1.48 bits per heavy atom. The standard InChI is InChI=1S/C15H20FN3O2/c1-4-12-15(21)18-13(20)8-19(12)14-10(9(2)17-3)6-5-7-11(14)16/h5-7,9,12,17H,4,8H2,1-3H3,(H,18,20,21). The summed E-state index contributed by atoms with van der Waals surface area (Å²) in [6, 6.07) is 4.17. The zero-order valence-electron chi connectivity index (χ0n) is 12.4.